The summed E-state index contributed by atoms with van der Waals surface area (Å²) in [5, 5.41) is 5.37. The van der Waals surface area contributed by atoms with Crippen molar-refractivity contribution in [3.8, 4) is 5.75 Å². The summed E-state index contributed by atoms with van der Waals surface area (Å²) < 4.78 is 5.71. The van der Waals surface area contributed by atoms with E-state index >= 15 is 0 Å². The van der Waals surface area contributed by atoms with E-state index < -0.39 is 0 Å². The Balaban J connectivity index is 1.58. The number of piperazine rings is 1. The van der Waals surface area contributed by atoms with Crippen molar-refractivity contribution in [1.82, 2.24) is 10.3 Å². The topological polar surface area (TPSA) is 37.4 Å². The van der Waals surface area contributed by atoms with Gasteiger partial charge in [-0.1, -0.05) is 0 Å². The normalized spacial score (nSPS) is 15.5. The molecule has 0 aliphatic carbocycles. The van der Waals surface area contributed by atoms with Crippen LogP contribution in [-0.2, 0) is 6.61 Å². The van der Waals surface area contributed by atoms with Crippen LogP contribution in [0.4, 0.5) is 5.69 Å². The van der Waals surface area contributed by atoms with Gasteiger partial charge in [-0.3, -0.25) is 0 Å². The zero-order chi connectivity index (χ0) is 12.9. The lowest BCUT2D eigenvalue weighted by atomic mass is 10.2. The van der Waals surface area contributed by atoms with Gasteiger partial charge in [0.15, 0.2) is 0 Å². The fourth-order valence-electron chi connectivity index (χ4n) is 2.14. The van der Waals surface area contributed by atoms with E-state index in [1.807, 2.05) is 23.0 Å². The highest BCUT2D eigenvalue weighted by atomic mass is 32.1. The fraction of sp³-hybridized carbons (Fsp3) is 0.357. The van der Waals surface area contributed by atoms with Gasteiger partial charge in [0.2, 0.25) is 0 Å². The van der Waals surface area contributed by atoms with Crippen molar-refractivity contribution in [2.45, 2.75) is 6.61 Å². The number of thiazole rings is 1. The van der Waals surface area contributed by atoms with Crippen LogP contribution in [0, 0.1) is 0 Å². The highest BCUT2D eigenvalue weighted by Crippen LogP contribution is 2.20. The van der Waals surface area contributed by atoms with Crippen molar-refractivity contribution in [2.24, 2.45) is 0 Å². The van der Waals surface area contributed by atoms with Crippen LogP contribution in [0.1, 0.15) is 5.69 Å². The van der Waals surface area contributed by atoms with Crippen molar-refractivity contribution in [2.75, 3.05) is 31.1 Å². The maximum atomic E-state index is 5.71. The predicted molar refractivity (Wildman–Crippen MR) is 78.0 cm³/mol. The first-order valence-electron chi connectivity index (χ1n) is 6.47. The van der Waals surface area contributed by atoms with E-state index in [0.29, 0.717) is 6.61 Å². The first-order chi connectivity index (χ1) is 9.42. The fourth-order valence-corrected chi connectivity index (χ4v) is 2.69. The molecule has 1 N–H and O–H groups in total. The minimum Gasteiger partial charge on any atom is -0.487 e. The van der Waals surface area contributed by atoms with E-state index in [4.69, 9.17) is 4.74 Å². The van der Waals surface area contributed by atoms with Crippen LogP contribution in [-0.4, -0.2) is 31.2 Å². The van der Waals surface area contributed by atoms with E-state index in [1.54, 1.807) is 11.3 Å². The SMILES string of the molecule is c1nc(COc2ccc(N3CCNCC3)cc2)cs1. The molecule has 0 unspecified atom stereocenters. The van der Waals surface area contributed by atoms with Crippen LogP contribution in [0.25, 0.3) is 0 Å². The average molecular weight is 275 g/mol. The molecule has 1 aliphatic rings. The summed E-state index contributed by atoms with van der Waals surface area (Å²) in [5.41, 5.74) is 4.07. The van der Waals surface area contributed by atoms with Crippen LogP contribution in [0.2, 0.25) is 0 Å². The summed E-state index contributed by atoms with van der Waals surface area (Å²) >= 11 is 1.59. The van der Waals surface area contributed by atoms with Gasteiger partial charge in [-0.05, 0) is 24.3 Å². The van der Waals surface area contributed by atoms with Gasteiger partial charge in [-0.2, -0.15) is 0 Å². The Hall–Kier alpha value is -1.59. The standard InChI is InChI=1S/C14H17N3OS/c1-3-14(18-9-12-10-19-11-16-12)4-2-13(1)17-7-5-15-6-8-17/h1-4,10-11,15H,5-9H2. The Kier molecular flexibility index (Phi) is 3.95. The average Bonchev–Trinajstić information content (AvgIpc) is 3.00. The number of nitrogens with one attached hydrogen (secondary N) is 1. The molecule has 0 atom stereocenters. The molecule has 3 rings (SSSR count). The van der Waals surface area contributed by atoms with Crippen LogP contribution in [0.3, 0.4) is 0 Å². The summed E-state index contributed by atoms with van der Waals surface area (Å²) in [4.78, 5) is 6.59. The number of hydrogen-bond donors (Lipinski definition) is 1. The molecule has 2 heterocycles. The first kappa shape index (κ1) is 12.4. The number of aromatic nitrogens is 1. The van der Waals surface area contributed by atoms with Gasteiger partial charge in [0.05, 0.1) is 11.2 Å². The Morgan fingerprint density at radius 1 is 1.21 bits per heavy atom. The summed E-state index contributed by atoms with van der Waals surface area (Å²) in [6.07, 6.45) is 0. The Morgan fingerprint density at radius 3 is 2.68 bits per heavy atom. The van der Waals surface area contributed by atoms with Crippen molar-refractivity contribution >= 4 is 17.0 Å². The largest absolute Gasteiger partial charge is 0.487 e. The third-order valence-electron chi connectivity index (χ3n) is 3.19. The van der Waals surface area contributed by atoms with Crippen LogP contribution >= 0.6 is 11.3 Å². The molecule has 5 heteroatoms. The van der Waals surface area contributed by atoms with Crippen LogP contribution < -0.4 is 15.0 Å². The molecule has 1 saturated heterocycles. The Bertz CT molecular complexity index is 492. The molecule has 1 aliphatic heterocycles. The molecule has 4 nitrogen and oxygen atoms in total. The highest BCUT2D eigenvalue weighted by Gasteiger charge is 2.10. The van der Waals surface area contributed by atoms with E-state index in [-0.39, 0.29) is 0 Å². The predicted octanol–water partition coefficient (Wildman–Crippen LogP) is 2.13. The molecule has 1 aromatic carbocycles. The van der Waals surface area contributed by atoms with Gasteiger partial charge in [0, 0.05) is 37.2 Å². The Labute approximate surface area is 117 Å². The van der Waals surface area contributed by atoms with Crippen molar-refractivity contribution in [3.05, 3.63) is 40.8 Å². The van der Waals surface area contributed by atoms with Gasteiger partial charge < -0.3 is 15.0 Å². The van der Waals surface area contributed by atoms with Gasteiger partial charge in [0.1, 0.15) is 12.4 Å². The van der Waals surface area contributed by atoms with E-state index in [0.717, 1.165) is 37.6 Å². The number of benzene rings is 1. The third kappa shape index (κ3) is 3.24. The summed E-state index contributed by atoms with van der Waals surface area (Å²) in [6.45, 7) is 4.79. The summed E-state index contributed by atoms with van der Waals surface area (Å²) in [7, 11) is 0. The zero-order valence-electron chi connectivity index (χ0n) is 10.7. The molecule has 2 aromatic rings. The molecule has 100 valence electrons. The lowest BCUT2D eigenvalue weighted by Crippen LogP contribution is -2.43. The number of anilines is 1. The number of nitrogens with zero attached hydrogens (tertiary/aromatic N) is 2. The molecule has 0 bridgehead atoms. The van der Waals surface area contributed by atoms with Crippen molar-refractivity contribution in [1.29, 1.82) is 0 Å². The molecule has 19 heavy (non-hydrogen) atoms. The van der Waals surface area contributed by atoms with E-state index in [9.17, 15) is 0 Å². The van der Waals surface area contributed by atoms with Gasteiger partial charge >= 0.3 is 0 Å². The quantitative estimate of drug-likeness (QED) is 0.927. The maximum absolute atomic E-state index is 5.71. The molecular formula is C14H17N3OS. The van der Waals surface area contributed by atoms with E-state index in [1.165, 1.54) is 5.69 Å². The van der Waals surface area contributed by atoms with Crippen LogP contribution in [0.15, 0.2) is 35.2 Å². The van der Waals surface area contributed by atoms with Crippen LogP contribution in [0.5, 0.6) is 5.75 Å². The van der Waals surface area contributed by atoms with Crippen molar-refractivity contribution < 1.29 is 4.74 Å². The molecular weight excluding hydrogens is 258 g/mol. The van der Waals surface area contributed by atoms with E-state index in [2.05, 4.69) is 27.3 Å². The zero-order valence-corrected chi connectivity index (χ0v) is 11.5. The van der Waals surface area contributed by atoms with Gasteiger partial charge in [-0.25, -0.2) is 4.98 Å². The lowest BCUT2D eigenvalue weighted by molar-refractivity contribution is 0.302. The number of ether oxygens (including phenoxy) is 1. The Morgan fingerprint density at radius 2 is 2.00 bits per heavy atom. The first-order valence-corrected chi connectivity index (χ1v) is 7.42. The number of rotatable bonds is 4. The minimum atomic E-state index is 0.538. The lowest BCUT2D eigenvalue weighted by Gasteiger charge is -2.29. The number of hydrogen-bond acceptors (Lipinski definition) is 5. The monoisotopic (exact) mass is 275 g/mol. The summed E-state index contributed by atoms with van der Waals surface area (Å²) in [6, 6.07) is 8.32. The maximum Gasteiger partial charge on any atom is 0.131 e. The third-order valence-corrected chi connectivity index (χ3v) is 3.82. The van der Waals surface area contributed by atoms with Crippen molar-refractivity contribution in [3.63, 3.8) is 0 Å². The second-order valence-electron chi connectivity index (χ2n) is 4.50. The molecule has 0 amide bonds. The molecule has 0 saturated carbocycles. The highest BCUT2D eigenvalue weighted by molar-refractivity contribution is 7.07. The second kappa shape index (κ2) is 6.04. The van der Waals surface area contributed by atoms with Gasteiger partial charge in [-0.15, -0.1) is 11.3 Å². The molecule has 0 spiro atoms. The summed E-state index contributed by atoms with van der Waals surface area (Å²) in [5.74, 6) is 0.895. The smallest absolute Gasteiger partial charge is 0.131 e. The molecule has 1 aromatic heterocycles. The minimum absolute atomic E-state index is 0.538. The second-order valence-corrected chi connectivity index (χ2v) is 5.22. The van der Waals surface area contributed by atoms with Gasteiger partial charge in [0.25, 0.3) is 0 Å². The molecule has 1 fully saturated rings. The molecule has 0 radical (unpaired) electrons.